The number of amides is 2. The summed E-state index contributed by atoms with van der Waals surface area (Å²) >= 11 is 1.57. The van der Waals surface area contributed by atoms with Crippen LogP contribution in [-0.2, 0) is 5.75 Å². The van der Waals surface area contributed by atoms with Crippen molar-refractivity contribution < 1.29 is 23.1 Å². The van der Waals surface area contributed by atoms with Gasteiger partial charge in [0.05, 0.1) is 11.8 Å². The fraction of sp³-hybridized carbons (Fsp3) is 0.182. The average molecular weight is 426 g/mol. The molecule has 2 N–H and O–H groups in total. The SMILES string of the molecule is CSCc1ccc(C(=O)Nc2cc(F)cc(C(=O)NC3COc4ccccc43)c2)o1. The van der Waals surface area contributed by atoms with E-state index in [9.17, 15) is 14.0 Å². The summed E-state index contributed by atoms with van der Waals surface area (Å²) in [7, 11) is 0. The number of hydrogen-bond acceptors (Lipinski definition) is 5. The number of anilines is 1. The van der Waals surface area contributed by atoms with Gasteiger partial charge in [0, 0.05) is 16.8 Å². The van der Waals surface area contributed by atoms with Crippen LogP contribution in [0.5, 0.6) is 5.75 Å². The predicted molar refractivity (Wildman–Crippen MR) is 112 cm³/mol. The summed E-state index contributed by atoms with van der Waals surface area (Å²) in [6, 6.07) is 14.1. The van der Waals surface area contributed by atoms with E-state index in [0.717, 1.165) is 17.7 Å². The van der Waals surface area contributed by atoms with Crippen LogP contribution in [0.4, 0.5) is 10.1 Å². The van der Waals surface area contributed by atoms with Gasteiger partial charge in [-0.2, -0.15) is 11.8 Å². The van der Waals surface area contributed by atoms with Gasteiger partial charge in [0.1, 0.15) is 23.9 Å². The number of rotatable bonds is 6. The zero-order chi connectivity index (χ0) is 21.1. The molecular weight excluding hydrogens is 407 g/mol. The minimum atomic E-state index is -0.636. The number of furan rings is 1. The number of carbonyl (C=O) groups excluding carboxylic acids is 2. The number of carbonyl (C=O) groups is 2. The Labute approximate surface area is 176 Å². The first kappa shape index (κ1) is 20.0. The molecule has 2 amide bonds. The minimum absolute atomic E-state index is 0.0946. The molecule has 2 heterocycles. The van der Waals surface area contributed by atoms with Gasteiger partial charge in [-0.1, -0.05) is 18.2 Å². The minimum Gasteiger partial charge on any atom is -0.491 e. The van der Waals surface area contributed by atoms with Gasteiger partial charge in [-0.25, -0.2) is 4.39 Å². The summed E-state index contributed by atoms with van der Waals surface area (Å²) in [6.07, 6.45) is 1.93. The molecule has 6 nitrogen and oxygen atoms in total. The number of nitrogens with one attached hydrogen (secondary N) is 2. The van der Waals surface area contributed by atoms with Crippen molar-refractivity contribution in [3.05, 3.63) is 83.1 Å². The molecule has 0 bridgehead atoms. The zero-order valence-corrected chi connectivity index (χ0v) is 16.9. The van der Waals surface area contributed by atoms with Crippen LogP contribution in [0.15, 0.2) is 59.0 Å². The summed E-state index contributed by atoms with van der Waals surface area (Å²) in [5.41, 5.74) is 1.13. The molecule has 3 aromatic rings. The Hall–Kier alpha value is -3.26. The molecule has 1 aliphatic heterocycles. The largest absolute Gasteiger partial charge is 0.491 e. The van der Waals surface area contributed by atoms with E-state index < -0.39 is 17.6 Å². The molecular formula is C22H19FN2O4S. The Morgan fingerprint density at radius 1 is 1.13 bits per heavy atom. The van der Waals surface area contributed by atoms with Crippen LogP contribution in [0.3, 0.4) is 0 Å². The standard InChI is InChI=1S/C22H19FN2O4S/c1-30-12-16-6-7-20(29-16)22(27)24-15-9-13(8-14(23)10-15)21(26)25-18-11-28-19-5-3-2-4-17(18)19/h2-10,18H,11-12H2,1H3,(H,24,27)(H,25,26). The van der Waals surface area contributed by atoms with Crippen LogP contribution in [0, 0.1) is 5.82 Å². The molecule has 0 spiro atoms. The number of para-hydroxylation sites is 1. The van der Waals surface area contributed by atoms with Gasteiger partial charge in [0.2, 0.25) is 0 Å². The second-order valence-electron chi connectivity index (χ2n) is 6.76. The van der Waals surface area contributed by atoms with E-state index in [0.29, 0.717) is 23.9 Å². The van der Waals surface area contributed by atoms with E-state index in [4.69, 9.17) is 9.15 Å². The van der Waals surface area contributed by atoms with Gasteiger partial charge >= 0.3 is 0 Å². The van der Waals surface area contributed by atoms with Crippen molar-refractivity contribution in [1.29, 1.82) is 0 Å². The number of thioether (sulfide) groups is 1. The maximum Gasteiger partial charge on any atom is 0.291 e. The first-order valence-electron chi connectivity index (χ1n) is 9.25. The molecule has 4 rings (SSSR count). The second kappa shape index (κ2) is 8.62. The highest BCUT2D eigenvalue weighted by Gasteiger charge is 2.26. The lowest BCUT2D eigenvalue weighted by molar-refractivity contribution is 0.0928. The Kier molecular flexibility index (Phi) is 5.76. The molecule has 30 heavy (non-hydrogen) atoms. The maximum atomic E-state index is 14.1. The van der Waals surface area contributed by atoms with Gasteiger partial charge in [-0.3, -0.25) is 9.59 Å². The normalized spacial score (nSPS) is 14.7. The van der Waals surface area contributed by atoms with E-state index in [1.165, 1.54) is 6.07 Å². The molecule has 0 fully saturated rings. The van der Waals surface area contributed by atoms with Gasteiger partial charge in [0.15, 0.2) is 5.76 Å². The lowest BCUT2D eigenvalue weighted by Gasteiger charge is -2.13. The Morgan fingerprint density at radius 3 is 2.80 bits per heavy atom. The van der Waals surface area contributed by atoms with Crippen LogP contribution in [-0.4, -0.2) is 24.7 Å². The van der Waals surface area contributed by atoms with Crippen LogP contribution in [0.25, 0.3) is 0 Å². The fourth-order valence-electron chi connectivity index (χ4n) is 3.23. The molecule has 1 aliphatic rings. The summed E-state index contributed by atoms with van der Waals surface area (Å²) in [4.78, 5) is 25.1. The molecule has 0 saturated carbocycles. The lowest BCUT2D eigenvalue weighted by Crippen LogP contribution is -2.29. The van der Waals surface area contributed by atoms with Gasteiger partial charge in [-0.15, -0.1) is 0 Å². The van der Waals surface area contributed by atoms with Gasteiger partial charge < -0.3 is 19.8 Å². The smallest absolute Gasteiger partial charge is 0.291 e. The highest BCUT2D eigenvalue weighted by atomic mass is 32.2. The van der Waals surface area contributed by atoms with E-state index in [-0.39, 0.29) is 23.1 Å². The predicted octanol–water partition coefficient (Wildman–Crippen LogP) is 4.40. The molecule has 154 valence electrons. The van der Waals surface area contributed by atoms with Crippen LogP contribution in [0.2, 0.25) is 0 Å². The van der Waals surface area contributed by atoms with E-state index >= 15 is 0 Å². The molecule has 2 aromatic carbocycles. The number of benzene rings is 2. The van der Waals surface area contributed by atoms with Crippen molar-refractivity contribution in [1.82, 2.24) is 5.32 Å². The first-order valence-corrected chi connectivity index (χ1v) is 10.6. The third-order valence-corrected chi connectivity index (χ3v) is 5.17. The number of halogens is 1. The molecule has 1 unspecified atom stereocenters. The number of ether oxygens (including phenoxy) is 1. The monoisotopic (exact) mass is 426 g/mol. The summed E-state index contributed by atoms with van der Waals surface area (Å²) in [6.45, 7) is 0.306. The highest BCUT2D eigenvalue weighted by Crippen LogP contribution is 2.32. The molecule has 1 aromatic heterocycles. The number of fused-ring (bicyclic) bond motifs is 1. The third-order valence-electron chi connectivity index (χ3n) is 4.60. The number of hydrogen-bond donors (Lipinski definition) is 2. The van der Waals surface area contributed by atoms with Gasteiger partial charge in [0.25, 0.3) is 11.8 Å². The molecule has 1 atom stereocenters. The molecule has 8 heteroatoms. The van der Waals surface area contributed by atoms with Crippen molar-refractivity contribution >= 4 is 29.3 Å². The van der Waals surface area contributed by atoms with E-state index in [1.54, 1.807) is 23.9 Å². The average Bonchev–Trinajstić information content (AvgIpc) is 3.35. The fourth-order valence-corrected chi connectivity index (χ4v) is 3.67. The maximum absolute atomic E-state index is 14.1. The third kappa shape index (κ3) is 4.33. The summed E-state index contributed by atoms with van der Waals surface area (Å²) in [5.74, 6) is 0.539. The van der Waals surface area contributed by atoms with Crippen LogP contribution < -0.4 is 15.4 Å². The first-order chi connectivity index (χ1) is 14.5. The molecule has 0 radical (unpaired) electrons. The lowest BCUT2D eigenvalue weighted by atomic mass is 10.1. The van der Waals surface area contributed by atoms with Crippen molar-refractivity contribution in [2.75, 3.05) is 18.2 Å². The Bertz CT molecular complexity index is 1100. The van der Waals surface area contributed by atoms with Crippen LogP contribution in [0.1, 0.15) is 38.3 Å². The topological polar surface area (TPSA) is 80.6 Å². The Morgan fingerprint density at radius 2 is 1.97 bits per heavy atom. The van der Waals surface area contributed by atoms with Crippen molar-refractivity contribution in [3.8, 4) is 5.75 Å². The summed E-state index contributed by atoms with van der Waals surface area (Å²) in [5, 5.41) is 5.42. The summed E-state index contributed by atoms with van der Waals surface area (Å²) < 4.78 is 25.1. The van der Waals surface area contributed by atoms with E-state index in [2.05, 4.69) is 10.6 Å². The molecule has 0 aliphatic carbocycles. The van der Waals surface area contributed by atoms with Crippen molar-refractivity contribution in [2.45, 2.75) is 11.8 Å². The quantitative estimate of drug-likeness (QED) is 0.611. The van der Waals surface area contributed by atoms with Crippen molar-refractivity contribution in [3.63, 3.8) is 0 Å². The second-order valence-corrected chi connectivity index (χ2v) is 7.62. The zero-order valence-electron chi connectivity index (χ0n) is 16.1. The van der Waals surface area contributed by atoms with Crippen molar-refractivity contribution in [2.24, 2.45) is 0 Å². The van der Waals surface area contributed by atoms with E-state index in [1.807, 2.05) is 30.5 Å². The Balaban J connectivity index is 1.47. The molecule has 0 saturated heterocycles. The highest BCUT2D eigenvalue weighted by molar-refractivity contribution is 7.97. The van der Waals surface area contributed by atoms with Gasteiger partial charge in [-0.05, 0) is 42.7 Å². The van der Waals surface area contributed by atoms with Crippen LogP contribution >= 0.6 is 11.8 Å².